The molecule has 4 nitrogen and oxygen atoms in total. The maximum absolute atomic E-state index is 6.20. The number of nitrogen functional groups attached to an aromatic ring is 1. The van der Waals surface area contributed by atoms with E-state index in [4.69, 9.17) is 22.1 Å². The highest BCUT2D eigenvalue weighted by atomic mass is 35.5. The van der Waals surface area contributed by atoms with Crippen molar-refractivity contribution in [1.29, 1.82) is 0 Å². The van der Waals surface area contributed by atoms with Crippen LogP contribution in [0.1, 0.15) is 0 Å². The van der Waals surface area contributed by atoms with E-state index in [1.807, 2.05) is 36.4 Å². The van der Waals surface area contributed by atoms with Crippen molar-refractivity contribution in [1.82, 2.24) is 4.98 Å². The Hall–Kier alpha value is -2.46. The predicted octanol–water partition coefficient (Wildman–Crippen LogP) is 4.22. The summed E-state index contributed by atoms with van der Waals surface area (Å²) < 4.78 is 5.23. The number of methoxy groups -OCH3 is 1. The Balaban J connectivity index is 2.04. The smallest absolute Gasteiger partial charge is 0.143 e. The number of aromatic nitrogens is 1. The van der Waals surface area contributed by atoms with E-state index in [1.54, 1.807) is 19.4 Å². The number of fused-ring (bicyclic) bond motifs is 1. The molecular formula is C16H14ClN3O. The van der Waals surface area contributed by atoms with E-state index in [2.05, 4.69) is 10.3 Å². The maximum atomic E-state index is 6.20. The van der Waals surface area contributed by atoms with E-state index >= 15 is 0 Å². The van der Waals surface area contributed by atoms with Crippen molar-refractivity contribution in [3.05, 3.63) is 53.7 Å². The van der Waals surface area contributed by atoms with Crippen molar-refractivity contribution in [2.45, 2.75) is 0 Å². The molecule has 3 aromatic rings. The lowest BCUT2D eigenvalue weighted by Gasteiger charge is -2.12. The van der Waals surface area contributed by atoms with Gasteiger partial charge >= 0.3 is 0 Å². The average Bonchev–Trinajstić information content (AvgIpc) is 2.52. The zero-order valence-electron chi connectivity index (χ0n) is 11.4. The Morgan fingerprint density at radius 2 is 2.05 bits per heavy atom. The van der Waals surface area contributed by atoms with Gasteiger partial charge < -0.3 is 15.8 Å². The quantitative estimate of drug-likeness (QED) is 0.711. The van der Waals surface area contributed by atoms with Gasteiger partial charge in [0, 0.05) is 23.3 Å². The normalized spacial score (nSPS) is 10.6. The molecule has 0 radical (unpaired) electrons. The first-order valence-electron chi connectivity index (χ1n) is 6.43. The van der Waals surface area contributed by atoms with Crippen LogP contribution in [0.5, 0.6) is 5.75 Å². The Bertz CT molecular complexity index is 805. The van der Waals surface area contributed by atoms with Gasteiger partial charge in [-0.15, -0.1) is 0 Å². The van der Waals surface area contributed by atoms with Gasteiger partial charge in [-0.05, 0) is 36.4 Å². The monoisotopic (exact) mass is 299 g/mol. The van der Waals surface area contributed by atoms with Crippen LogP contribution < -0.4 is 15.8 Å². The number of rotatable bonds is 3. The van der Waals surface area contributed by atoms with Crippen LogP contribution in [0, 0.1) is 0 Å². The van der Waals surface area contributed by atoms with Gasteiger partial charge in [0.25, 0.3) is 0 Å². The lowest BCUT2D eigenvalue weighted by atomic mass is 10.1. The van der Waals surface area contributed by atoms with Crippen LogP contribution in [0.15, 0.2) is 48.7 Å². The molecule has 1 heterocycles. The minimum absolute atomic E-state index is 0.599. The van der Waals surface area contributed by atoms with E-state index in [0.29, 0.717) is 16.5 Å². The van der Waals surface area contributed by atoms with Gasteiger partial charge in [0.1, 0.15) is 5.75 Å². The molecule has 2 aromatic carbocycles. The average molecular weight is 300 g/mol. The van der Waals surface area contributed by atoms with Gasteiger partial charge in [-0.25, -0.2) is 0 Å². The third-order valence-electron chi connectivity index (χ3n) is 3.23. The van der Waals surface area contributed by atoms with E-state index in [-0.39, 0.29) is 0 Å². The van der Waals surface area contributed by atoms with Gasteiger partial charge in [0.2, 0.25) is 0 Å². The molecule has 0 aliphatic heterocycles. The number of pyridine rings is 1. The summed E-state index contributed by atoms with van der Waals surface area (Å²) in [6.45, 7) is 0. The minimum Gasteiger partial charge on any atom is -0.495 e. The first-order valence-corrected chi connectivity index (χ1v) is 6.80. The number of benzene rings is 2. The molecule has 0 aliphatic rings. The zero-order chi connectivity index (χ0) is 14.8. The molecule has 1 aromatic heterocycles. The third-order valence-corrected chi connectivity index (χ3v) is 3.56. The highest BCUT2D eigenvalue weighted by Gasteiger charge is 2.07. The number of nitrogens with two attached hydrogens (primary N) is 1. The molecule has 0 fully saturated rings. The summed E-state index contributed by atoms with van der Waals surface area (Å²) in [5, 5.41) is 4.91. The van der Waals surface area contributed by atoms with Gasteiger partial charge in [-0.3, -0.25) is 4.98 Å². The second kappa shape index (κ2) is 5.50. The first-order chi connectivity index (χ1) is 10.2. The Kier molecular flexibility index (Phi) is 3.54. The fraction of sp³-hybridized carbons (Fsp3) is 0.0625. The fourth-order valence-corrected chi connectivity index (χ4v) is 2.40. The van der Waals surface area contributed by atoms with Crippen molar-refractivity contribution >= 4 is 39.6 Å². The molecule has 0 spiro atoms. The van der Waals surface area contributed by atoms with Gasteiger partial charge in [-0.1, -0.05) is 11.6 Å². The molecule has 0 bridgehead atoms. The summed E-state index contributed by atoms with van der Waals surface area (Å²) in [5.74, 6) is 0.631. The van der Waals surface area contributed by atoms with Crippen molar-refractivity contribution in [3.63, 3.8) is 0 Å². The van der Waals surface area contributed by atoms with Gasteiger partial charge in [-0.2, -0.15) is 0 Å². The highest BCUT2D eigenvalue weighted by Crippen LogP contribution is 2.32. The van der Waals surface area contributed by atoms with Crippen LogP contribution in [-0.4, -0.2) is 12.1 Å². The standard InChI is InChI=1S/C16H14ClN3O/c1-21-15-9-10(4-6-13(15)18)20-14-7-5-12(17)11-3-2-8-19-16(11)14/h2-9,20H,18H2,1H3. The summed E-state index contributed by atoms with van der Waals surface area (Å²) in [4.78, 5) is 4.40. The highest BCUT2D eigenvalue weighted by molar-refractivity contribution is 6.35. The molecule has 0 aliphatic carbocycles. The van der Waals surface area contributed by atoms with E-state index in [9.17, 15) is 0 Å². The Labute approximate surface area is 127 Å². The van der Waals surface area contributed by atoms with Crippen LogP contribution in [0.3, 0.4) is 0 Å². The Morgan fingerprint density at radius 3 is 2.86 bits per heavy atom. The topological polar surface area (TPSA) is 60.2 Å². The summed E-state index contributed by atoms with van der Waals surface area (Å²) in [5.41, 5.74) is 8.99. The molecule has 0 unspecified atom stereocenters. The molecule has 0 amide bonds. The van der Waals surface area contributed by atoms with Crippen LogP contribution in [0.2, 0.25) is 5.02 Å². The summed E-state index contributed by atoms with van der Waals surface area (Å²) in [6, 6.07) is 13.1. The molecule has 3 rings (SSSR count). The lowest BCUT2D eigenvalue weighted by molar-refractivity contribution is 0.417. The molecule has 0 saturated carbocycles. The van der Waals surface area contributed by atoms with E-state index < -0.39 is 0 Å². The van der Waals surface area contributed by atoms with Crippen LogP contribution in [0.25, 0.3) is 10.9 Å². The SMILES string of the molecule is COc1cc(Nc2ccc(Cl)c3cccnc23)ccc1N. The summed E-state index contributed by atoms with van der Waals surface area (Å²) in [6.07, 6.45) is 1.74. The molecule has 106 valence electrons. The molecule has 5 heteroatoms. The largest absolute Gasteiger partial charge is 0.495 e. The van der Waals surface area contributed by atoms with Crippen LogP contribution in [-0.2, 0) is 0 Å². The van der Waals surface area contributed by atoms with Crippen LogP contribution in [0.4, 0.5) is 17.1 Å². The molecular weight excluding hydrogens is 286 g/mol. The zero-order valence-corrected chi connectivity index (χ0v) is 12.2. The van der Waals surface area contributed by atoms with E-state index in [1.165, 1.54) is 0 Å². The number of halogens is 1. The molecule has 0 atom stereocenters. The van der Waals surface area contributed by atoms with Crippen molar-refractivity contribution in [2.24, 2.45) is 0 Å². The van der Waals surface area contributed by atoms with Crippen molar-refractivity contribution in [3.8, 4) is 5.75 Å². The van der Waals surface area contributed by atoms with Crippen molar-refractivity contribution in [2.75, 3.05) is 18.2 Å². The number of ether oxygens (including phenoxy) is 1. The number of anilines is 3. The second-order valence-corrected chi connectivity index (χ2v) is 4.98. The number of hydrogen-bond donors (Lipinski definition) is 2. The van der Waals surface area contributed by atoms with E-state index in [0.717, 1.165) is 22.3 Å². The lowest BCUT2D eigenvalue weighted by Crippen LogP contribution is -1.96. The number of nitrogens with one attached hydrogen (secondary N) is 1. The summed E-state index contributed by atoms with van der Waals surface area (Å²) in [7, 11) is 1.59. The third kappa shape index (κ3) is 2.58. The predicted molar refractivity (Wildman–Crippen MR) is 87.4 cm³/mol. The maximum Gasteiger partial charge on any atom is 0.143 e. The molecule has 3 N–H and O–H groups in total. The second-order valence-electron chi connectivity index (χ2n) is 4.58. The number of hydrogen-bond acceptors (Lipinski definition) is 4. The Morgan fingerprint density at radius 1 is 1.19 bits per heavy atom. The molecule has 0 saturated heterocycles. The van der Waals surface area contributed by atoms with Gasteiger partial charge in [0.15, 0.2) is 0 Å². The fourth-order valence-electron chi connectivity index (χ4n) is 2.18. The molecule has 21 heavy (non-hydrogen) atoms. The summed E-state index contributed by atoms with van der Waals surface area (Å²) >= 11 is 6.20. The van der Waals surface area contributed by atoms with Gasteiger partial charge in [0.05, 0.1) is 29.0 Å². The van der Waals surface area contributed by atoms with Crippen molar-refractivity contribution < 1.29 is 4.74 Å². The first kappa shape index (κ1) is 13.5. The van der Waals surface area contributed by atoms with Crippen LogP contribution >= 0.6 is 11.6 Å². The number of nitrogens with zero attached hydrogens (tertiary/aromatic N) is 1. The minimum atomic E-state index is 0.599.